The summed E-state index contributed by atoms with van der Waals surface area (Å²) in [5, 5.41) is 4.68. The third-order valence-corrected chi connectivity index (χ3v) is 5.96. The molecule has 4 nitrogen and oxygen atoms in total. The third-order valence-electron chi connectivity index (χ3n) is 5.96. The maximum Gasteiger partial charge on any atom is 0.127 e. The molecule has 3 aromatic rings. The van der Waals surface area contributed by atoms with Gasteiger partial charge in [0.25, 0.3) is 0 Å². The first kappa shape index (κ1) is 16.5. The Kier molecular flexibility index (Phi) is 3.97. The summed E-state index contributed by atoms with van der Waals surface area (Å²) in [7, 11) is 1.67. The molecule has 0 aliphatic carbocycles. The van der Waals surface area contributed by atoms with Crippen LogP contribution in [0.3, 0.4) is 0 Å². The smallest absolute Gasteiger partial charge is 0.127 e. The van der Waals surface area contributed by atoms with Crippen molar-refractivity contribution in [3.8, 4) is 11.4 Å². The molecule has 1 saturated heterocycles. The molecule has 0 amide bonds. The molecule has 0 N–H and O–H groups in total. The Morgan fingerprint density at radius 3 is 2.70 bits per heavy atom. The zero-order chi connectivity index (χ0) is 18.4. The molecule has 0 spiro atoms. The van der Waals surface area contributed by atoms with Gasteiger partial charge in [0.15, 0.2) is 0 Å². The van der Waals surface area contributed by atoms with E-state index in [1.165, 1.54) is 11.3 Å². The van der Waals surface area contributed by atoms with Gasteiger partial charge in [-0.25, -0.2) is 9.07 Å². The summed E-state index contributed by atoms with van der Waals surface area (Å²) >= 11 is 0. The molecule has 0 saturated carbocycles. The maximum absolute atomic E-state index is 14.1. The average molecular weight is 363 g/mol. The number of aromatic nitrogens is 2. The lowest BCUT2D eigenvalue weighted by molar-refractivity contribution is 0.165. The second-order valence-electron chi connectivity index (χ2n) is 7.37. The lowest BCUT2D eigenvalue weighted by Gasteiger charge is -2.35. The average Bonchev–Trinajstić information content (AvgIpc) is 3.24. The second kappa shape index (κ2) is 6.50. The SMILES string of the molecule is COc1ccc(-n2ncc3c2C[C@@H]2CC[C@@H]3N2Cc2ccccc2F)cc1. The summed E-state index contributed by atoms with van der Waals surface area (Å²) in [6.45, 7) is 0.662. The van der Waals surface area contributed by atoms with E-state index < -0.39 is 0 Å². The number of hydrogen-bond acceptors (Lipinski definition) is 3. The molecule has 2 aliphatic heterocycles. The number of ether oxygens (including phenoxy) is 1. The van der Waals surface area contributed by atoms with Gasteiger partial charge in [-0.05, 0) is 43.2 Å². The van der Waals surface area contributed by atoms with Gasteiger partial charge in [0, 0.05) is 36.2 Å². The molecule has 2 atom stereocenters. The third kappa shape index (κ3) is 2.73. The fraction of sp³-hybridized carbons (Fsp3) is 0.318. The minimum atomic E-state index is -0.114. The first-order valence-electron chi connectivity index (χ1n) is 9.45. The molecule has 2 aromatic carbocycles. The van der Waals surface area contributed by atoms with E-state index in [2.05, 4.69) is 14.7 Å². The monoisotopic (exact) mass is 363 g/mol. The van der Waals surface area contributed by atoms with Crippen molar-refractivity contribution in [2.24, 2.45) is 0 Å². The van der Waals surface area contributed by atoms with E-state index in [0.29, 0.717) is 18.6 Å². The van der Waals surface area contributed by atoms with Crippen LogP contribution in [0.5, 0.6) is 5.75 Å². The summed E-state index contributed by atoms with van der Waals surface area (Å²) in [5.41, 5.74) is 4.41. The molecule has 0 radical (unpaired) electrons. The molecule has 5 heteroatoms. The van der Waals surface area contributed by atoms with E-state index in [9.17, 15) is 4.39 Å². The fourth-order valence-electron chi connectivity index (χ4n) is 4.59. The Labute approximate surface area is 158 Å². The highest BCUT2D eigenvalue weighted by molar-refractivity contribution is 5.41. The summed E-state index contributed by atoms with van der Waals surface area (Å²) in [6.07, 6.45) is 5.21. The van der Waals surface area contributed by atoms with Crippen molar-refractivity contribution in [2.45, 2.75) is 37.9 Å². The Bertz CT molecular complexity index is 966. The highest BCUT2D eigenvalue weighted by Crippen LogP contribution is 2.45. The van der Waals surface area contributed by atoms with Gasteiger partial charge in [0.2, 0.25) is 0 Å². The van der Waals surface area contributed by atoms with E-state index in [1.54, 1.807) is 19.2 Å². The Morgan fingerprint density at radius 2 is 1.93 bits per heavy atom. The van der Waals surface area contributed by atoms with Gasteiger partial charge >= 0.3 is 0 Å². The van der Waals surface area contributed by atoms with Crippen LogP contribution >= 0.6 is 0 Å². The van der Waals surface area contributed by atoms with Crippen LogP contribution in [0, 0.1) is 5.82 Å². The quantitative estimate of drug-likeness (QED) is 0.693. The Balaban J connectivity index is 1.46. The Morgan fingerprint density at radius 1 is 1.11 bits per heavy atom. The summed E-state index contributed by atoms with van der Waals surface area (Å²) in [6, 6.07) is 15.9. The molecular formula is C22H22FN3O. The summed E-state index contributed by atoms with van der Waals surface area (Å²) in [4.78, 5) is 2.46. The molecule has 2 aliphatic rings. The first-order chi connectivity index (χ1) is 13.2. The maximum atomic E-state index is 14.1. The van der Waals surface area contributed by atoms with Crippen LogP contribution in [0.25, 0.3) is 5.69 Å². The zero-order valence-electron chi connectivity index (χ0n) is 15.3. The van der Waals surface area contributed by atoms with Crippen molar-refractivity contribution in [2.75, 3.05) is 7.11 Å². The van der Waals surface area contributed by atoms with Gasteiger partial charge in [-0.15, -0.1) is 0 Å². The van der Waals surface area contributed by atoms with Crippen molar-refractivity contribution >= 4 is 0 Å². The number of methoxy groups -OCH3 is 1. The molecule has 5 rings (SSSR count). The molecular weight excluding hydrogens is 341 g/mol. The van der Waals surface area contributed by atoms with Crippen LogP contribution < -0.4 is 4.74 Å². The normalized spacial score (nSPS) is 21.3. The molecule has 0 unspecified atom stereocenters. The Hall–Kier alpha value is -2.66. The minimum Gasteiger partial charge on any atom is -0.497 e. The van der Waals surface area contributed by atoms with Gasteiger partial charge < -0.3 is 4.74 Å². The highest BCUT2D eigenvalue weighted by atomic mass is 19.1. The standard InChI is InChI=1S/C22H22FN3O/c1-27-18-9-6-16(7-10-18)26-22-12-17-8-11-21(19(22)13-24-26)25(17)14-15-4-2-3-5-20(15)23/h2-7,9-10,13,17,21H,8,11-12,14H2,1H3/t17-,21-/m0/s1. The van der Waals surface area contributed by atoms with E-state index >= 15 is 0 Å². The molecule has 3 heterocycles. The lowest BCUT2D eigenvalue weighted by atomic mass is 9.99. The molecule has 1 aromatic heterocycles. The predicted octanol–water partition coefficient (Wildman–Crippen LogP) is 4.28. The van der Waals surface area contributed by atoms with Gasteiger partial charge in [-0.1, -0.05) is 18.2 Å². The van der Waals surface area contributed by atoms with Gasteiger partial charge in [0.1, 0.15) is 11.6 Å². The van der Waals surface area contributed by atoms with Crippen LogP contribution in [-0.2, 0) is 13.0 Å². The minimum absolute atomic E-state index is 0.114. The number of halogens is 1. The molecule has 1 fully saturated rings. The molecule has 27 heavy (non-hydrogen) atoms. The van der Waals surface area contributed by atoms with Crippen LogP contribution in [0.4, 0.5) is 4.39 Å². The van der Waals surface area contributed by atoms with Gasteiger partial charge in [0.05, 0.1) is 24.7 Å². The van der Waals surface area contributed by atoms with E-state index in [4.69, 9.17) is 4.74 Å². The van der Waals surface area contributed by atoms with Gasteiger partial charge in [-0.2, -0.15) is 5.10 Å². The molecule has 138 valence electrons. The number of benzene rings is 2. The largest absolute Gasteiger partial charge is 0.497 e. The zero-order valence-corrected chi connectivity index (χ0v) is 15.3. The number of hydrogen-bond donors (Lipinski definition) is 0. The lowest BCUT2D eigenvalue weighted by Crippen LogP contribution is -2.37. The van der Waals surface area contributed by atoms with Gasteiger partial charge in [-0.3, -0.25) is 4.90 Å². The van der Waals surface area contributed by atoms with E-state index in [1.807, 2.05) is 42.6 Å². The van der Waals surface area contributed by atoms with Crippen molar-refractivity contribution < 1.29 is 9.13 Å². The number of rotatable bonds is 4. The topological polar surface area (TPSA) is 30.3 Å². The second-order valence-corrected chi connectivity index (χ2v) is 7.37. The number of nitrogens with zero attached hydrogens (tertiary/aromatic N) is 3. The van der Waals surface area contributed by atoms with Crippen LogP contribution in [0.2, 0.25) is 0 Å². The number of fused-ring (bicyclic) bond motifs is 4. The van der Waals surface area contributed by atoms with Crippen molar-refractivity contribution in [1.29, 1.82) is 0 Å². The first-order valence-corrected chi connectivity index (χ1v) is 9.45. The van der Waals surface area contributed by atoms with Crippen LogP contribution in [-0.4, -0.2) is 27.8 Å². The van der Waals surface area contributed by atoms with Crippen molar-refractivity contribution in [3.63, 3.8) is 0 Å². The van der Waals surface area contributed by atoms with Crippen LogP contribution in [0.1, 0.15) is 35.7 Å². The fourth-order valence-corrected chi connectivity index (χ4v) is 4.59. The summed E-state index contributed by atoms with van der Waals surface area (Å²) < 4.78 is 21.5. The molecule has 2 bridgehead atoms. The van der Waals surface area contributed by atoms with Crippen molar-refractivity contribution in [3.05, 3.63) is 77.4 Å². The van der Waals surface area contributed by atoms with E-state index in [0.717, 1.165) is 36.3 Å². The van der Waals surface area contributed by atoms with Crippen molar-refractivity contribution in [1.82, 2.24) is 14.7 Å². The van der Waals surface area contributed by atoms with Crippen LogP contribution in [0.15, 0.2) is 54.7 Å². The van der Waals surface area contributed by atoms with E-state index in [-0.39, 0.29) is 5.82 Å². The summed E-state index contributed by atoms with van der Waals surface area (Å²) in [5.74, 6) is 0.729. The predicted molar refractivity (Wildman–Crippen MR) is 102 cm³/mol. The highest BCUT2D eigenvalue weighted by Gasteiger charge is 2.42.